The number of carbonyl (C=O) groups is 2. The van der Waals surface area contributed by atoms with Crippen LogP contribution in [0.1, 0.15) is 38.8 Å². The number of carbonyl (C=O) groups excluding carboxylic acids is 2. The Kier molecular flexibility index (Phi) is 5.26. The molecule has 26 heavy (non-hydrogen) atoms. The van der Waals surface area contributed by atoms with Crippen molar-refractivity contribution in [3.63, 3.8) is 0 Å². The van der Waals surface area contributed by atoms with Gasteiger partial charge in [-0.25, -0.2) is 0 Å². The molecule has 11 heteroatoms. The van der Waals surface area contributed by atoms with Crippen molar-refractivity contribution in [1.29, 1.82) is 0 Å². The zero-order chi connectivity index (χ0) is 18.7. The molecule has 0 bridgehead atoms. The minimum atomic E-state index is -0.691. The molecule has 0 spiro atoms. The van der Waals surface area contributed by atoms with E-state index in [2.05, 4.69) is 14.9 Å². The molecule has 3 heterocycles. The molecule has 1 aliphatic rings. The quantitative estimate of drug-likeness (QED) is 0.617. The van der Waals surface area contributed by atoms with Gasteiger partial charge in [0.15, 0.2) is 5.76 Å². The second kappa shape index (κ2) is 7.60. The topological polar surface area (TPSA) is 131 Å². The monoisotopic (exact) mass is 379 g/mol. The molecule has 1 aliphatic heterocycles. The van der Waals surface area contributed by atoms with Gasteiger partial charge < -0.3 is 14.6 Å². The number of aromatic nitrogens is 2. The highest BCUT2D eigenvalue weighted by Gasteiger charge is 2.26. The number of furan rings is 1. The predicted molar refractivity (Wildman–Crippen MR) is 91.0 cm³/mol. The minimum Gasteiger partial charge on any atom is -0.395 e. The summed E-state index contributed by atoms with van der Waals surface area (Å²) in [6.07, 6.45) is 1.52. The fourth-order valence-corrected chi connectivity index (χ4v) is 3.41. The van der Waals surface area contributed by atoms with Crippen LogP contribution in [-0.4, -0.2) is 50.9 Å². The van der Waals surface area contributed by atoms with Crippen molar-refractivity contribution in [1.82, 2.24) is 19.8 Å². The van der Waals surface area contributed by atoms with Gasteiger partial charge in [-0.3, -0.25) is 19.7 Å². The van der Waals surface area contributed by atoms with Crippen LogP contribution in [0.5, 0.6) is 0 Å². The number of nitrogens with zero attached hydrogens (tertiary/aromatic N) is 4. The summed E-state index contributed by atoms with van der Waals surface area (Å²) >= 11 is 1.10. The Bertz CT molecular complexity index is 824. The third kappa shape index (κ3) is 3.87. The summed E-state index contributed by atoms with van der Waals surface area (Å²) in [7, 11) is 0. The molecule has 10 nitrogen and oxygen atoms in total. The number of hydrogen-bond donors (Lipinski definition) is 1. The maximum atomic E-state index is 12.4. The van der Waals surface area contributed by atoms with Gasteiger partial charge in [0, 0.05) is 19.6 Å². The van der Waals surface area contributed by atoms with E-state index in [1.165, 1.54) is 6.07 Å². The van der Waals surface area contributed by atoms with E-state index in [0.29, 0.717) is 30.2 Å². The first kappa shape index (κ1) is 18.0. The third-order valence-electron chi connectivity index (χ3n) is 4.29. The number of nitro groups is 1. The Labute approximate surface area is 152 Å². The fourth-order valence-electron chi connectivity index (χ4n) is 2.78. The smallest absolute Gasteiger partial charge is 0.395 e. The molecule has 0 aromatic carbocycles. The lowest BCUT2D eigenvalue weighted by Crippen LogP contribution is -2.41. The highest BCUT2D eigenvalue weighted by Crippen LogP contribution is 2.21. The summed E-state index contributed by atoms with van der Waals surface area (Å²) in [5.41, 5.74) is 0.641. The van der Waals surface area contributed by atoms with Gasteiger partial charge >= 0.3 is 5.88 Å². The number of hydrogen-bond acceptors (Lipinski definition) is 8. The summed E-state index contributed by atoms with van der Waals surface area (Å²) in [6, 6.07) is 2.43. The van der Waals surface area contributed by atoms with E-state index < -0.39 is 16.7 Å². The summed E-state index contributed by atoms with van der Waals surface area (Å²) in [4.78, 5) is 36.6. The van der Waals surface area contributed by atoms with Gasteiger partial charge in [0.2, 0.25) is 0 Å². The number of aryl methyl sites for hydroxylation is 1. The molecule has 0 atom stereocenters. The Hall–Kier alpha value is -2.82. The van der Waals surface area contributed by atoms with Crippen LogP contribution >= 0.6 is 11.5 Å². The lowest BCUT2D eigenvalue weighted by Gasteiger charge is -2.31. The van der Waals surface area contributed by atoms with Crippen molar-refractivity contribution in [3.05, 3.63) is 38.6 Å². The number of piperidine rings is 1. The van der Waals surface area contributed by atoms with Crippen molar-refractivity contribution in [3.8, 4) is 0 Å². The highest BCUT2D eigenvalue weighted by molar-refractivity contribution is 7.07. The standard InChI is InChI=1S/C15H17N5O5S/c1-9-13(26-18-17-9)15(22)19-6-4-10(5-7-19)8-16-14(21)11-2-3-12(25-11)20(23)24/h2-3,10H,4-8H2,1H3,(H,16,21). The van der Waals surface area contributed by atoms with Crippen LogP contribution in [0.2, 0.25) is 0 Å². The Morgan fingerprint density at radius 2 is 2.15 bits per heavy atom. The number of nitrogens with one attached hydrogen (secondary N) is 1. The molecule has 2 aromatic heterocycles. The SMILES string of the molecule is Cc1nnsc1C(=O)N1CCC(CNC(=O)c2ccc([N+](=O)[O-])o2)CC1. The van der Waals surface area contributed by atoms with E-state index in [-0.39, 0.29) is 17.6 Å². The van der Waals surface area contributed by atoms with E-state index in [4.69, 9.17) is 4.42 Å². The molecule has 0 saturated carbocycles. The third-order valence-corrected chi connectivity index (χ3v) is 5.11. The van der Waals surface area contributed by atoms with Gasteiger partial charge in [-0.15, -0.1) is 5.10 Å². The summed E-state index contributed by atoms with van der Waals surface area (Å²) in [5, 5.41) is 17.2. The molecule has 2 amide bonds. The van der Waals surface area contributed by atoms with Crippen LogP contribution in [0.25, 0.3) is 0 Å². The molecule has 2 aromatic rings. The maximum absolute atomic E-state index is 12.4. The molecule has 1 N–H and O–H groups in total. The van der Waals surface area contributed by atoms with E-state index in [0.717, 1.165) is 30.4 Å². The molecule has 138 valence electrons. The van der Waals surface area contributed by atoms with Crippen molar-refractivity contribution in [2.24, 2.45) is 5.92 Å². The minimum absolute atomic E-state index is 0.0529. The van der Waals surface area contributed by atoms with Gasteiger partial charge in [0.25, 0.3) is 11.8 Å². The molecular formula is C15H17N5O5S. The number of likely N-dealkylation sites (tertiary alicyclic amines) is 1. The fraction of sp³-hybridized carbons (Fsp3) is 0.467. The Balaban J connectivity index is 1.46. The van der Waals surface area contributed by atoms with E-state index in [1.54, 1.807) is 11.8 Å². The first-order valence-corrected chi connectivity index (χ1v) is 8.83. The van der Waals surface area contributed by atoms with E-state index in [9.17, 15) is 19.7 Å². The Morgan fingerprint density at radius 3 is 2.73 bits per heavy atom. The van der Waals surface area contributed by atoms with Crippen LogP contribution in [0, 0.1) is 23.0 Å². The molecule has 1 fully saturated rings. The van der Waals surface area contributed by atoms with Gasteiger partial charge in [0.1, 0.15) is 9.80 Å². The number of rotatable bonds is 5. The molecule has 1 saturated heterocycles. The van der Waals surface area contributed by atoms with Crippen LogP contribution in [0.3, 0.4) is 0 Å². The van der Waals surface area contributed by atoms with Crippen molar-refractivity contribution < 1.29 is 18.9 Å². The van der Waals surface area contributed by atoms with Crippen LogP contribution < -0.4 is 5.32 Å². The normalized spacial score (nSPS) is 15.0. The first-order chi connectivity index (χ1) is 12.5. The zero-order valence-corrected chi connectivity index (χ0v) is 14.8. The molecule has 0 unspecified atom stereocenters. The van der Waals surface area contributed by atoms with Crippen molar-refractivity contribution >= 4 is 29.2 Å². The van der Waals surface area contributed by atoms with Gasteiger partial charge in [-0.2, -0.15) is 0 Å². The van der Waals surface area contributed by atoms with Crippen molar-refractivity contribution in [2.75, 3.05) is 19.6 Å². The van der Waals surface area contributed by atoms with E-state index >= 15 is 0 Å². The summed E-state index contributed by atoms with van der Waals surface area (Å²) in [5.74, 6) is -0.855. The van der Waals surface area contributed by atoms with Crippen LogP contribution in [0.4, 0.5) is 5.88 Å². The summed E-state index contributed by atoms with van der Waals surface area (Å²) < 4.78 is 8.66. The lowest BCUT2D eigenvalue weighted by molar-refractivity contribution is -0.402. The van der Waals surface area contributed by atoms with Crippen LogP contribution in [-0.2, 0) is 0 Å². The Morgan fingerprint density at radius 1 is 1.42 bits per heavy atom. The zero-order valence-electron chi connectivity index (χ0n) is 14.0. The van der Waals surface area contributed by atoms with Crippen molar-refractivity contribution in [2.45, 2.75) is 19.8 Å². The molecule has 3 rings (SSSR count). The van der Waals surface area contributed by atoms with Crippen LogP contribution in [0.15, 0.2) is 16.5 Å². The molecule has 0 radical (unpaired) electrons. The second-order valence-corrected chi connectivity index (χ2v) is 6.78. The van der Waals surface area contributed by atoms with Gasteiger partial charge in [-0.05, 0) is 43.3 Å². The van der Waals surface area contributed by atoms with Gasteiger partial charge in [-0.1, -0.05) is 4.49 Å². The van der Waals surface area contributed by atoms with E-state index in [1.807, 2.05) is 0 Å². The average Bonchev–Trinajstić information content (AvgIpc) is 3.29. The second-order valence-electron chi connectivity index (χ2n) is 6.03. The lowest BCUT2D eigenvalue weighted by atomic mass is 9.96. The largest absolute Gasteiger partial charge is 0.433 e. The predicted octanol–water partition coefficient (Wildman–Crippen LogP) is 1.63. The average molecular weight is 379 g/mol. The molecule has 0 aliphatic carbocycles. The highest BCUT2D eigenvalue weighted by atomic mass is 32.1. The summed E-state index contributed by atoms with van der Waals surface area (Å²) in [6.45, 7) is 3.39. The maximum Gasteiger partial charge on any atom is 0.433 e. The number of amides is 2. The first-order valence-electron chi connectivity index (χ1n) is 8.06. The van der Waals surface area contributed by atoms with Gasteiger partial charge in [0.05, 0.1) is 11.8 Å². The molecular weight excluding hydrogens is 362 g/mol.